The van der Waals surface area contributed by atoms with Gasteiger partial charge < -0.3 is 4.74 Å². The maximum atomic E-state index is 6.03. The van der Waals surface area contributed by atoms with Gasteiger partial charge in [-0.3, -0.25) is 4.90 Å². The molecule has 1 aliphatic heterocycles. The summed E-state index contributed by atoms with van der Waals surface area (Å²) in [6.07, 6.45) is 2.87. The fraction of sp³-hybridized carbons (Fsp3) is 0.333. The maximum absolute atomic E-state index is 6.03. The van der Waals surface area contributed by atoms with Gasteiger partial charge in [0.25, 0.3) is 0 Å². The summed E-state index contributed by atoms with van der Waals surface area (Å²) >= 11 is 6.03. The molecule has 3 aromatic rings. The van der Waals surface area contributed by atoms with Gasteiger partial charge >= 0.3 is 0 Å². The molecular formula is C18H19ClN4O. The molecule has 0 unspecified atom stereocenters. The number of nitrogens with zero attached hydrogens (tertiary/aromatic N) is 4. The molecule has 0 atom stereocenters. The van der Waals surface area contributed by atoms with Gasteiger partial charge in [-0.25, -0.2) is 9.50 Å². The van der Waals surface area contributed by atoms with Gasteiger partial charge in [0.05, 0.1) is 25.1 Å². The standard InChI is InChI=1S/C18H19ClN4O/c19-17-4-5-18-20-13-16(23(18)21-17)15-3-1-2-14(12-15)6-7-22-8-10-24-11-9-22/h1-5,12-13H,6-11H2. The molecule has 1 saturated heterocycles. The van der Waals surface area contributed by atoms with Gasteiger partial charge in [0, 0.05) is 25.2 Å². The van der Waals surface area contributed by atoms with Crippen molar-refractivity contribution in [1.82, 2.24) is 19.5 Å². The van der Waals surface area contributed by atoms with Crippen molar-refractivity contribution in [2.75, 3.05) is 32.8 Å². The number of imidazole rings is 1. The molecule has 0 radical (unpaired) electrons. The van der Waals surface area contributed by atoms with Gasteiger partial charge in [-0.1, -0.05) is 29.8 Å². The lowest BCUT2D eigenvalue weighted by Crippen LogP contribution is -2.37. The lowest BCUT2D eigenvalue weighted by molar-refractivity contribution is 0.0384. The minimum absolute atomic E-state index is 0.463. The van der Waals surface area contributed by atoms with Gasteiger partial charge in [-0.15, -0.1) is 0 Å². The first kappa shape index (κ1) is 15.6. The Hall–Kier alpha value is -1.95. The van der Waals surface area contributed by atoms with E-state index in [1.54, 1.807) is 10.6 Å². The number of halogens is 1. The van der Waals surface area contributed by atoms with E-state index in [2.05, 4.69) is 39.2 Å². The molecule has 5 nitrogen and oxygen atoms in total. The molecule has 1 aromatic carbocycles. The van der Waals surface area contributed by atoms with E-state index in [4.69, 9.17) is 16.3 Å². The molecule has 3 heterocycles. The van der Waals surface area contributed by atoms with Crippen LogP contribution in [0.5, 0.6) is 0 Å². The Balaban J connectivity index is 1.56. The normalized spacial score (nSPS) is 15.9. The lowest BCUT2D eigenvalue weighted by atomic mass is 10.1. The summed E-state index contributed by atoms with van der Waals surface area (Å²) in [5, 5.41) is 4.82. The summed E-state index contributed by atoms with van der Waals surface area (Å²) in [7, 11) is 0. The van der Waals surface area contributed by atoms with Crippen molar-refractivity contribution in [3.63, 3.8) is 0 Å². The van der Waals surface area contributed by atoms with Crippen molar-refractivity contribution in [3.05, 3.63) is 53.3 Å². The van der Waals surface area contributed by atoms with Crippen LogP contribution in [0.2, 0.25) is 5.15 Å². The van der Waals surface area contributed by atoms with Crippen LogP contribution in [-0.4, -0.2) is 52.3 Å². The fourth-order valence-corrected chi connectivity index (χ4v) is 3.18. The van der Waals surface area contributed by atoms with E-state index >= 15 is 0 Å². The summed E-state index contributed by atoms with van der Waals surface area (Å²) in [5.41, 5.74) is 4.18. The monoisotopic (exact) mass is 342 g/mol. The Morgan fingerprint density at radius 3 is 2.88 bits per heavy atom. The smallest absolute Gasteiger partial charge is 0.154 e. The molecule has 0 saturated carbocycles. The first-order valence-electron chi connectivity index (χ1n) is 8.19. The molecule has 4 rings (SSSR count). The van der Waals surface area contributed by atoms with E-state index in [-0.39, 0.29) is 0 Å². The average Bonchev–Trinajstić information content (AvgIpc) is 3.04. The number of hydrogen-bond acceptors (Lipinski definition) is 4. The van der Waals surface area contributed by atoms with E-state index in [9.17, 15) is 0 Å². The Bertz CT molecular complexity index is 842. The number of ether oxygens (including phenoxy) is 1. The van der Waals surface area contributed by atoms with Crippen LogP contribution >= 0.6 is 11.6 Å². The minimum atomic E-state index is 0.463. The number of hydrogen-bond donors (Lipinski definition) is 0. The van der Waals surface area contributed by atoms with E-state index in [1.807, 2.05) is 12.3 Å². The van der Waals surface area contributed by atoms with Gasteiger partial charge in [-0.2, -0.15) is 5.10 Å². The van der Waals surface area contributed by atoms with Crippen molar-refractivity contribution in [2.24, 2.45) is 0 Å². The number of rotatable bonds is 4. The quantitative estimate of drug-likeness (QED) is 0.731. The molecule has 24 heavy (non-hydrogen) atoms. The Kier molecular flexibility index (Phi) is 4.47. The van der Waals surface area contributed by atoms with Gasteiger partial charge in [0.1, 0.15) is 5.15 Å². The van der Waals surface area contributed by atoms with Crippen LogP contribution in [0.3, 0.4) is 0 Å². The first-order chi connectivity index (χ1) is 11.8. The van der Waals surface area contributed by atoms with E-state index in [1.165, 1.54) is 5.56 Å². The fourth-order valence-electron chi connectivity index (χ4n) is 3.05. The molecule has 0 aliphatic carbocycles. The molecule has 1 fully saturated rings. The molecule has 6 heteroatoms. The molecule has 0 N–H and O–H groups in total. The van der Waals surface area contributed by atoms with Crippen LogP contribution < -0.4 is 0 Å². The third kappa shape index (κ3) is 3.29. The maximum Gasteiger partial charge on any atom is 0.154 e. The summed E-state index contributed by atoms with van der Waals surface area (Å²) in [5.74, 6) is 0. The molecule has 1 aliphatic rings. The summed E-state index contributed by atoms with van der Waals surface area (Å²) in [6.45, 7) is 4.79. The van der Waals surface area contributed by atoms with Crippen LogP contribution in [0.4, 0.5) is 0 Å². The SMILES string of the molecule is Clc1ccc2ncc(-c3cccc(CCN4CCOCC4)c3)n2n1. The summed E-state index contributed by atoms with van der Waals surface area (Å²) < 4.78 is 7.20. The highest BCUT2D eigenvalue weighted by Gasteiger charge is 2.11. The number of morpholine rings is 1. The first-order valence-corrected chi connectivity index (χ1v) is 8.57. The zero-order chi connectivity index (χ0) is 16.4. The largest absolute Gasteiger partial charge is 0.379 e. The highest BCUT2D eigenvalue weighted by molar-refractivity contribution is 6.29. The third-order valence-corrected chi connectivity index (χ3v) is 4.57. The summed E-state index contributed by atoms with van der Waals surface area (Å²) in [4.78, 5) is 6.86. The van der Waals surface area contributed by atoms with Gasteiger partial charge in [-0.05, 0) is 30.2 Å². The predicted molar refractivity (Wildman–Crippen MR) is 94.4 cm³/mol. The Morgan fingerprint density at radius 1 is 1.12 bits per heavy atom. The second kappa shape index (κ2) is 6.89. The average molecular weight is 343 g/mol. The van der Waals surface area contributed by atoms with Crippen molar-refractivity contribution in [3.8, 4) is 11.3 Å². The second-order valence-corrected chi connectivity index (χ2v) is 6.36. The number of benzene rings is 1. The van der Waals surface area contributed by atoms with Crippen LogP contribution in [0, 0.1) is 0 Å². The van der Waals surface area contributed by atoms with Crippen LogP contribution in [0.15, 0.2) is 42.6 Å². The van der Waals surface area contributed by atoms with Crippen LogP contribution in [-0.2, 0) is 11.2 Å². The van der Waals surface area contributed by atoms with Gasteiger partial charge in [0.2, 0.25) is 0 Å². The molecule has 0 bridgehead atoms. The highest BCUT2D eigenvalue weighted by Crippen LogP contribution is 2.22. The second-order valence-electron chi connectivity index (χ2n) is 5.97. The minimum Gasteiger partial charge on any atom is -0.379 e. The lowest BCUT2D eigenvalue weighted by Gasteiger charge is -2.26. The molecular weight excluding hydrogens is 324 g/mol. The van der Waals surface area contributed by atoms with Crippen molar-refractivity contribution in [1.29, 1.82) is 0 Å². The van der Waals surface area contributed by atoms with Crippen LogP contribution in [0.25, 0.3) is 16.9 Å². The molecule has 2 aromatic heterocycles. The predicted octanol–water partition coefficient (Wildman–Crippen LogP) is 2.92. The third-order valence-electron chi connectivity index (χ3n) is 4.37. The zero-order valence-electron chi connectivity index (χ0n) is 13.4. The zero-order valence-corrected chi connectivity index (χ0v) is 14.1. The number of aromatic nitrogens is 3. The van der Waals surface area contributed by atoms with Gasteiger partial charge in [0.15, 0.2) is 5.65 Å². The molecule has 124 valence electrons. The van der Waals surface area contributed by atoms with E-state index < -0.39 is 0 Å². The Morgan fingerprint density at radius 2 is 2.00 bits per heavy atom. The summed E-state index contributed by atoms with van der Waals surface area (Å²) in [6, 6.07) is 12.2. The Labute approximate surface area is 145 Å². The van der Waals surface area contributed by atoms with Crippen LogP contribution in [0.1, 0.15) is 5.56 Å². The van der Waals surface area contributed by atoms with Crippen molar-refractivity contribution >= 4 is 17.2 Å². The highest BCUT2D eigenvalue weighted by atomic mass is 35.5. The topological polar surface area (TPSA) is 42.7 Å². The molecule has 0 spiro atoms. The molecule has 0 amide bonds. The van der Waals surface area contributed by atoms with Crippen molar-refractivity contribution < 1.29 is 4.74 Å². The van der Waals surface area contributed by atoms with E-state index in [0.29, 0.717) is 5.15 Å². The van der Waals surface area contributed by atoms with Crippen molar-refractivity contribution in [2.45, 2.75) is 6.42 Å². The van der Waals surface area contributed by atoms with E-state index in [0.717, 1.165) is 56.2 Å². The number of fused-ring (bicyclic) bond motifs is 1.